The first-order valence-corrected chi connectivity index (χ1v) is 11.0. The predicted octanol–water partition coefficient (Wildman–Crippen LogP) is 6.87. The van der Waals surface area contributed by atoms with E-state index in [1.807, 2.05) is 0 Å². The Bertz CT molecular complexity index is 1220. The van der Waals surface area contributed by atoms with Crippen LogP contribution in [0.5, 0.6) is 5.75 Å². The summed E-state index contributed by atoms with van der Waals surface area (Å²) in [6.45, 7) is 1.69. The molecule has 1 aromatic heterocycles. The number of benzene rings is 2. The predicted molar refractivity (Wildman–Crippen MR) is 118 cm³/mol. The fourth-order valence-corrected chi connectivity index (χ4v) is 4.61. The van der Waals surface area contributed by atoms with Gasteiger partial charge in [-0.3, -0.25) is 9.69 Å². The Kier molecular flexibility index (Phi) is 6.43. The number of alkyl halides is 3. The molecule has 2 aromatic carbocycles. The first-order valence-electron chi connectivity index (χ1n) is 10.2. The molecule has 0 bridgehead atoms. The minimum absolute atomic E-state index is 0.0540. The fraction of sp³-hybridized carbons (Fsp3) is 0.348. The van der Waals surface area contributed by atoms with Crippen LogP contribution in [0.2, 0.25) is 10.0 Å². The third-order valence-corrected chi connectivity index (χ3v) is 6.22. The molecule has 1 fully saturated rings. The number of aromatic hydroxyl groups is 1. The molecule has 0 atom stereocenters. The van der Waals surface area contributed by atoms with E-state index in [1.54, 1.807) is 0 Å². The first kappa shape index (κ1) is 23.0. The van der Waals surface area contributed by atoms with Gasteiger partial charge in [-0.2, -0.15) is 13.2 Å². The molecule has 2 heterocycles. The van der Waals surface area contributed by atoms with Gasteiger partial charge in [-0.15, -0.1) is 0 Å². The van der Waals surface area contributed by atoms with Crippen molar-refractivity contribution in [1.29, 1.82) is 0 Å². The van der Waals surface area contributed by atoms with Gasteiger partial charge in [-0.25, -0.2) is 0 Å². The number of fused-ring (bicyclic) bond motifs is 1. The van der Waals surface area contributed by atoms with Crippen LogP contribution in [0.1, 0.15) is 37.0 Å². The number of nitrogens with zero attached hydrogens (tertiary/aromatic N) is 1. The molecule has 9 heteroatoms. The molecule has 170 valence electrons. The Balaban J connectivity index is 1.96. The van der Waals surface area contributed by atoms with Crippen LogP contribution in [0.4, 0.5) is 13.2 Å². The van der Waals surface area contributed by atoms with Gasteiger partial charge in [0.15, 0.2) is 0 Å². The Labute approximate surface area is 192 Å². The summed E-state index contributed by atoms with van der Waals surface area (Å²) < 4.78 is 47.4. The maximum absolute atomic E-state index is 14.0. The lowest BCUT2D eigenvalue weighted by Crippen LogP contribution is -2.24. The van der Waals surface area contributed by atoms with Crippen LogP contribution < -0.4 is 5.43 Å². The summed E-state index contributed by atoms with van der Waals surface area (Å²) >= 11 is 12.0. The normalized spacial score (nSPS) is 15.8. The highest BCUT2D eigenvalue weighted by Gasteiger charge is 2.40. The van der Waals surface area contributed by atoms with Crippen molar-refractivity contribution in [2.75, 3.05) is 13.1 Å². The van der Waals surface area contributed by atoms with Gasteiger partial charge in [0, 0.05) is 17.1 Å². The second-order valence-corrected chi connectivity index (χ2v) is 8.73. The van der Waals surface area contributed by atoms with Crippen molar-refractivity contribution < 1.29 is 22.7 Å². The van der Waals surface area contributed by atoms with E-state index in [0.717, 1.165) is 38.8 Å². The number of hydrogen-bond acceptors (Lipinski definition) is 4. The van der Waals surface area contributed by atoms with Crippen LogP contribution in [0.15, 0.2) is 39.5 Å². The summed E-state index contributed by atoms with van der Waals surface area (Å²) in [5, 5.41) is 10.5. The van der Waals surface area contributed by atoms with E-state index in [1.165, 1.54) is 30.3 Å². The zero-order valence-electron chi connectivity index (χ0n) is 16.9. The Morgan fingerprint density at radius 2 is 1.72 bits per heavy atom. The Hall–Kier alpha value is -2.22. The summed E-state index contributed by atoms with van der Waals surface area (Å²) in [5.74, 6) is -1.67. The SMILES string of the molecule is O=c1c(-c2ccc(Cl)cc2Cl)c(C(F)(F)F)oc2c(CN3CCCCCC3)c(O)ccc12. The molecule has 1 N–H and O–H groups in total. The smallest absolute Gasteiger partial charge is 0.450 e. The molecule has 1 aliphatic heterocycles. The molecule has 0 radical (unpaired) electrons. The van der Waals surface area contributed by atoms with Crippen molar-refractivity contribution in [2.24, 2.45) is 0 Å². The average molecular weight is 486 g/mol. The van der Waals surface area contributed by atoms with Gasteiger partial charge in [-0.05, 0) is 50.2 Å². The minimum atomic E-state index is -4.96. The number of likely N-dealkylation sites (tertiary alicyclic amines) is 1. The Morgan fingerprint density at radius 1 is 1.03 bits per heavy atom. The summed E-state index contributed by atoms with van der Waals surface area (Å²) in [6.07, 6.45) is -0.880. The lowest BCUT2D eigenvalue weighted by molar-refractivity contribution is -0.152. The minimum Gasteiger partial charge on any atom is -0.507 e. The quantitative estimate of drug-likeness (QED) is 0.439. The number of halogens is 5. The molecule has 0 unspecified atom stereocenters. The number of rotatable bonds is 3. The van der Waals surface area contributed by atoms with Crippen molar-refractivity contribution in [3.05, 3.63) is 61.9 Å². The maximum atomic E-state index is 14.0. The summed E-state index contributed by atoms with van der Waals surface area (Å²) in [4.78, 5) is 15.4. The van der Waals surface area contributed by atoms with Gasteiger partial charge in [0.05, 0.1) is 21.5 Å². The monoisotopic (exact) mass is 485 g/mol. The zero-order valence-corrected chi connectivity index (χ0v) is 18.4. The van der Waals surface area contributed by atoms with Gasteiger partial charge in [-0.1, -0.05) is 42.1 Å². The second-order valence-electron chi connectivity index (χ2n) is 7.89. The van der Waals surface area contributed by atoms with Crippen LogP contribution in [-0.2, 0) is 12.7 Å². The van der Waals surface area contributed by atoms with Crippen LogP contribution in [0, 0.1) is 0 Å². The molecule has 4 rings (SSSR count). The second kappa shape index (κ2) is 8.96. The first-order chi connectivity index (χ1) is 15.2. The van der Waals surface area contributed by atoms with Crippen molar-refractivity contribution in [3.63, 3.8) is 0 Å². The van der Waals surface area contributed by atoms with E-state index in [-0.39, 0.29) is 44.4 Å². The molecule has 0 aliphatic carbocycles. The van der Waals surface area contributed by atoms with E-state index in [4.69, 9.17) is 27.6 Å². The largest absolute Gasteiger partial charge is 0.507 e. The molecule has 0 amide bonds. The standard InChI is InChI=1S/C23H20Cl2F3NO3/c24-13-5-6-14(17(25)11-13)19-20(31)15-7-8-18(30)16(12-29-9-3-1-2-4-10-29)21(15)32-22(19)23(26,27)28/h5-8,11,30H,1-4,9-10,12H2. The molecule has 1 saturated heterocycles. The van der Waals surface area contributed by atoms with E-state index in [9.17, 15) is 23.1 Å². The number of phenols is 1. The van der Waals surface area contributed by atoms with Crippen LogP contribution in [0.3, 0.4) is 0 Å². The molecular weight excluding hydrogens is 466 g/mol. The van der Waals surface area contributed by atoms with Gasteiger partial charge in [0.25, 0.3) is 0 Å². The van der Waals surface area contributed by atoms with Crippen LogP contribution >= 0.6 is 23.2 Å². The lowest BCUT2D eigenvalue weighted by atomic mass is 10.00. The molecule has 3 aromatic rings. The van der Waals surface area contributed by atoms with Gasteiger partial charge in [0.1, 0.15) is 11.3 Å². The van der Waals surface area contributed by atoms with E-state index in [0.29, 0.717) is 0 Å². The number of hydrogen-bond donors (Lipinski definition) is 1. The Morgan fingerprint density at radius 3 is 2.34 bits per heavy atom. The van der Waals surface area contributed by atoms with Crippen LogP contribution in [-0.4, -0.2) is 23.1 Å². The topological polar surface area (TPSA) is 53.7 Å². The van der Waals surface area contributed by atoms with Crippen molar-refractivity contribution in [2.45, 2.75) is 38.4 Å². The summed E-state index contributed by atoms with van der Waals surface area (Å²) in [6, 6.07) is 6.47. The van der Waals surface area contributed by atoms with E-state index < -0.39 is 22.9 Å². The molecule has 1 aliphatic rings. The average Bonchev–Trinajstić information content (AvgIpc) is 2.99. The summed E-state index contributed by atoms with van der Waals surface area (Å²) in [7, 11) is 0. The van der Waals surface area contributed by atoms with Crippen molar-refractivity contribution >= 4 is 34.2 Å². The van der Waals surface area contributed by atoms with E-state index >= 15 is 0 Å². The molecular formula is C23H20Cl2F3NO3. The van der Waals surface area contributed by atoms with Crippen LogP contribution in [0.25, 0.3) is 22.1 Å². The lowest BCUT2D eigenvalue weighted by Gasteiger charge is -2.21. The highest BCUT2D eigenvalue weighted by atomic mass is 35.5. The highest BCUT2D eigenvalue weighted by molar-refractivity contribution is 6.36. The summed E-state index contributed by atoms with van der Waals surface area (Å²) in [5.41, 5.74) is -1.78. The molecule has 0 saturated carbocycles. The molecule has 32 heavy (non-hydrogen) atoms. The fourth-order valence-electron chi connectivity index (χ4n) is 4.11. The maximum Gasteiger partial charge on any atom is 0.450 e. The zero-order chi connectivity index (χ0) is 23.0. The van der Waals surface area contributed by atoms with Crippen molar-refractivity contribution in [3.8, 4) is 16.9 Å². The van der Waals surface area contributed by atoms with Gasteiger partial charge >= 0.3 is 6.18 Å². The van der Waals surface area contributed by atoms with Gasteiger partial charge in [0.2, 0.25) is 11.2 Å². The van der Waals surface area contributed by atoms with Crippen molar-refractivity contribution in [1.82, 2.24) is 4.90 Å². The van der Waals surface area contributed by atoms with Gasteiger partial charge < -0.3 is 9.52 Å². The number of phenolic OH excluding ortho intramolecular Hbond substituents is 1. The van der Waals surface area contributed by atoms with E-state index in [2.05, 4.69) is 4.90 Å². The highest BCUT2D eigenvalue weighted by Crippen LogP contribution is 2.41. The molecule has 4 nitrogen and oxygen atoms in total. The third-order valence-electron chi connectivity index (χ3n) is 5.68. The third kappa shape index (κ3) is 4.47. The molecule has 0 spiro atoms.